The lowest BCUT2D eigenvalue weighted by atomic mass is 9.70. The Morgan fingerprint density at radius 3 is 2.33 bits per heavy atom. The van der Waals surface area contributed by atoms with Crippen LogP contribution >= 0.6 is 0 Å². The number of rotatable bonds is 0. The highest BCUT2D eigenvalue weighted by molar-refractivity contribution is 5.93. The molecule has 0 amide bonds. The van der Waals surface area contributed by atoms with E-state index in [9.17, 15) is 0 Å². The molecule has 0 radical (unpaired) electrons. The Balaban J connectivity index is 2.46. The van der Waals surface area contributed by atoms with Gasteiger partial charge in [-0.1, -0.05) is 25.9 Å². The van der Waals surface area contributed by atoms with E-state index in [1.165, 1.54) is 12.8 Å². The molecular weight excluding hydrogens is 150 g/mol. The van der Waals surface area contributed by atoms with Crippen molar-refractivity contribution < 1.29 is 5.21 Å². The van der Waals surface area contributed by atoms with Gasteiger partial charge < -0.3 is 5.21 Å². The minimum atomic E-state index is 0.173. The Morgan fingerprint density at radius 2 is 2.08 bits per heavy atom. The number of hydrogen-bond acceptors (Lipinski definition) is 2. The summed E-state index contributed by atoms with van der Waals surface area (Å²) < 4.78 is 0. The third-order valence-electron chi connectivity index (χ3n) is 4.63. The maximum atomic E-state index is 8.87. The first-order valence-corrected chi connectivity index (χ1v) is 4.74. The van der Waals surface area contributed by atoms with Gasteiger partial charge in [0.05, 0.1) is 5.71 Å². The highest BCUT2D eigenvalue weighted by Gasteiger charge is 2.60. The molecule has 12 heavy (non-hydrogen) atoms. The van der Waals surface area contributed by atoms with Crippen molar-refractivity contribution in [3.8, 4) is 0 Å². The Labute approximate surface area is 73.7 Å². The van der Waals surface area contributed by atoms with E-state index in [1.54, 1.807) is 0 Å². The smallest absolute Gasteiger partial charge is 0.0638 e. The minimum absolute atomic E-state index is 0.173. The molecule has 68 valence electrons. The fourth-order valence-electron chi connectivity index (χ4n) is 3.08. The van der Waals surface area contributed by atoms with E-state index in [2.05, 4.69) is 25.9 Å². The quantitative estimate of drug-likeness (QED) is 0.436. The van der Waals surface area contributed by atoms with Gasteiger partial charge in [0.2, 0.25) is 0 Å². The van der Waals surface area contributed by atoms with E-state index in [-0.39, 0.29) is 5.41 Å². The molecule has 1 N–H and O–H groups in total. The highest BCUT2D eigenvalue weighted by atomic mass is 16.4. The van der Waals surface area contributed by atoms with Crippen molar-refractivity contribution in [2.24, 2.45) is 21.9 Å². The molecule has 0 aromatic heterocycles. The van der Waals surface area contributed by atoms with Gasteiger partial charge in [0.1, 0.15) is 0 Å². The van der Waals surface area contributed by atoms with Gasteiger partial charge >= 0.3 is 0 Å². The second kappa shape index (κ2) is 2.04. The molecule has 2 nitrogen and oxygen atoms in total. The van der Waals surface area contributed by atoms with Crippen LogP contribution in [0.2, 0.25) is 0 Å². The lowest BCUT2D eigenvalue weighted by Crippen LogP contribution is -2.32. The van der Waals surface area contributed by atoms with Crippen LogP contribution < -0.4 is 0 Å². The molecule has 2 fully saturated rings. The molecule has 2 atom stereocenters. The van der Waals surface area contributed by atoms with Crippen molar-refractivity contribution >= 4 is 5.71 Å². The molecule has 1 unspecified atom stereocenters. The van der Waals surface area contributed by atoms with Crippen molar-refractivity contribution in [2.75, 3.05) is 0 Å². The lowest BCUT2D eigenvalue weighted by Gasteiger charge is -2.33. The SMILES string of the molecule is CC1(C)C2CC[C@@]1(C)/C(=N\O)C2. The molecule has 0 aromatic rings. The molecule has 2 saturated carbocycles. The van der Waals surface area contributed by atoms with Gasteiger partial charge in [-0.25, -0.2) is 0 Å². The second-order valence-corrected chi connectivity index (χ2v) is 5.04. The average molecular weight is 167 g/mol. The first-order valence-electron chi connectivity index (χ1n) is 4.74. The van der Waals surface area contributed by atoms with E-state index >= 15 is 0 Å². The van der Waals surface area contributed by atoms with Crippen molar-refractivity contribution in [3.05, 3.63) is 0 Å². The fraction of sp³-hybridized carbons (Fsp3) is 0.900. The molecule has 2 aliphatic carbocycles. The van der Waals surface area contributed by atoms with Crippen LogP contribution in [0.4, 0.5) is 0 Å². The van der Waals surface area contributed by atoms with Crippen LogP contribution in [0, 0.1) is 16.7 Å². The first-order chi connectivity index (χ1) is 5.52. The molecule has 2 heteroatoms. The Hall–Kier alpha value is -0.530. The Morgan fingerprint density at radius 1 is 1.42 bits per heavy atom. The van der Waals surface area contributed by atoms with Gasteiger partial charge in [-0.3, -0.25) is 0 Å². The third-order valence-corrected chi connectivity index (χ3v) is 4.63. The average Bonchev–Trinajstić information content (AvgIpc) is 2.34. The zero-order valence-electron chi connectivity index (χ0n) is 8.09. The van der Waals surface area contributed by atoms with Crippen molar-refractivity contribution in [1.29, 1.82) is 0 Å². The van der Waals surface area contributed by atoms with E-state index in [4.69, 9.17) is 5.21 Å². The molecule has 2 rings (SSSR count). The van der Waals surface area contributed by atoms with Gasteiger partial charge in [-0.15, -0.1) is 0 Å². The number of hydrogen-bond donors (Lipinski definition) is 1. The van der Waals surface area contributed by atoms with Crippen LogP contribution in [0.3, 0.4) is 0 Å². The van der Waals surface area contributed by atoms with Crippen molar-refractivity contribution in [3.63, 3.8) is 0 Å². The standard InChI is InChI=1S/C10H17NO/c1-9(2)7-4-5-10(9,3)8(6-7)11-12/h7,12H,4-6H2,1-3H3/b11-8-/t7?,10-/m0/s1. The molecular formula is C10H17NO. The minimum Gasteiger partial charge on any atom is -0.411 e. The normalized spacial score (nSPS) is 47.2. The predicted molar refractivity (Wildman–Crippen MR) is 48.5 cm³/mol. The van der Waals surface area contributed by atoms with Gasteiger partial charge in [0, 0.05) is 5.41 Å². The molecule has 0 spiro atoms. The van der Waals surface area contributed by atoms with Gasteiger partial charge in [0.15, 0.2) is 0 Å². The largest absolute Gasteiger partial charge is 0.411 e. The molecule has 2 bridgehead atoms. The fourth-order valence-corrected chi connectivity index (χ4v) is 3.08. The van der Waals surface area contributed by atoms with Gasteiger partial charge in [-0.05, 0) is 30.6 Å². The third kappa shape index (κ3) is 0.644. The van der Waals surface area contributed by atoms with E-state index in [1.807, 2.05) is 0 Å². The predicted octanol–water partition coefficient (Wildman–Crippen LogP) is 2.66. The second-order valence-electron chi connectivity index (χ2n) is 5.04. The summed E-state index contributed by atoms with van der Waals surface area (Å²) in [6.45, 7) is 6.86. The maximum absolute atomic E-state index is 8.87. The number of fused-ring (bicyclic) bond motifs is 2. The van der Waals surface area contributed by atoms with Gasteiger partial charge in [0.25, 0.3) is 0 Å². The zero-order chi connectivity index (χ0) is 8.98. The Kier molecular flexibility index (Phi) is 1.37. The van der Waals surface area contributed by atoms with Crippen LogP contribution in [0.25, 0.3) is 0 Å². The van der Waals surface area contributed by atoms with Crippen LogP contribution in [0.5, 0.6) is 0 Å². The Bertz CT molecular complexity index is 244. The van der Waals surface area contributed by atoms with Crippen molar-refractivity contribution in [2.45, 2.75) is 40.0 Å². The van der Waals surface area contributed by atoms with Gasteiger partial charge in [-0.2, -0.15) is 0 Å². The topological polar surface area (TPSA) is 32.6 Å². The van der Waals surface area contributed by atoms with Crippen LogP contribution in [-0.4, -0.2) is 10.9 Å². The van der Waals surface area contributed by atoms with Crippen molar-refractivity contribution in [1.82, 2.24) is 0 Å². The number of nitrogens with zero attached hydrogens (tertiary/aromatic N) is 1. The zero-order valence-corrected chi connectivity index (χ0v) is 8.09. The van der Waals surface area contributed by atoms with E-state index < -0.39 is 0 Å². The monoisotopic (exact) mass is 167 g/mol. The molecule has 0 heterocycles. The summed E-state index contributed by atoms with van der Waals surface area (Å²) in [6, 6.07) is 0. The molecule has 0 aliphatic heterocycles. The summed E-state index contributed by atoms with van der Waals surface area (Å²) in [5, 5.41) is 12.3. The summed E-state index contributed by atoms with van der Waals surface area (Å²) in [6.07, 6.45) is 3.52. The van der Waals surface area contributed by atoms with Crippen LogP contribution in [0.15, 0.2) is 5.16 Å². The summed E-state index contributed by atoms with van der Waals surface area (Å²) in [5.41, 5.74) is 1.55. The van der Waals surface area contributed by atoms with E-state index in [0.29, 0.717) is 5.41 Å². The number of oxime groups is 1. The van der Waals surface area contributed by atoms with E-state index in [0.717, 1.165) is 18.1 Å². The molecule has 2 aliphatic rings. The summed E-state index contributed by atoms with van der Waals surface area (Å²) in [4.78, 5) is 0. The summed E-state index contributed by atoms with van der Waals surface area (Å²) >= 11 is 0. The summed E-state index contributed by atoms with van der Waals surface area (Å²) in [5.74, 6) is 0.744. The lowest BCUT2D eigenvalue weighted by molar-refractivity contribution is 0.190. The highest BCUT2D eigenvalue weighted by Crippen LogP contribution is 2.63. The molecule has 0 saturated heterocycles. The first kappa shape index (κ1) is 8.09. The summed E-state index contributed by atoms with van der Waals surface area (Å²) in [7, 11) is 0. The van der Waals surface area contributed by atoms with Crippen LogP contribution in [-0.2, 0) is 0 Å². The van der Waals surface area contributed by atoms with Crippen LogP contribution in [0.1, 0.15) is 40.0 Å². The molecule has 0 aromatic carbocycles. The maximum Gasteiger partial charge on any atom is 0.0638 e.